The van der Waals surface area contributed by atoms with Gasteiger partial charge in [0.25, 0.3) is 0 Å². The second-order valence-electron chi connectivity index (χ2n) is 4.01. The van der Waals surface area contributed by atoms with Gasteiger partial charge >= 0.3 is 6.01 Å². The summed E-state index contributed by atoms with van der Waals surface area (Å²) in [5, 5.41) is 3.08. The number of hydrogen-bond acceptors (Lipinski definition) is 6. The summed E-state index contributed by atoms with van der Waals surface area (Å²) in [5.74, 6) is 0.484. The lowest BCUT2D eigenvalue weighted by Gasteiger charge is -2.08. The van der Waals surface area contributed by atoms with E-state index in [0.29, 0.717) is 5.95 Å². The van der Waals surface area contributed by atoms with Crippen LogP contribution in [0.2, 0.25) is 0 Å². The number of nitrogens with one attached hydrogen (secondary N) is 1. The van der Waals surface area contributed by atoms with Gasteiger partial charge in [0.15, 0.2) is 0 Å². The zero-order chi connectivity index (χ0) is 13.1. The third-order valence-corrected chi connectivity index (χ3v) is 2.29. The van der Waals surface area contributed by atoms with Crippen LogP contribution in [0.4, 0.5) is 17.6 Å². The standard InChI is InChI=1S/C12H15N5O/c1-7-4-8(2)6-9(5-7)14-11-15-10(13)16-12(17-11)18-3/h4-6H,1-3H3,(H3,13,14,15,16,17). The first-order valence-electron chi connectivity index (χ1n) is 5.47. The first-order valence-corrected chi connectivity index (χ1v) is 5.47. The molecule has 6 nitrogen and oxygen atoms in total. The lowest BCUT2D eigenvalue weighted by Crippen LogP contribution is -2.05. The van der Waals surface area contributed by atoms with Gasteiger partial charge in [-0.1, -0.05) is 6.07 Å². The van der Waals surface area contributed by atoms with E-state index >= 15 is 0 Å². The Morgan fingerprint density at radius 1 is 1.06 bits per heavy atom. The van der Waals surface area contributed by atoms with Crippen molar-refractivity contribution < 1.29 is 4.74 Å². The molecular weight excluding hydrogens is 230 g/mol. The van der Waals surface area contributed by atoms with Gasteiger partial charge in [0, 0.05) is 5.69 Å². The fourth-order valence-electron chi connectivity index (χ4n) is 1.70. The number of methoxy groups -OCH3 is 1. The predicted molar refractivity (Wildman–Crippen MR) is 70.0 cm³/mol. The van der Waals surface area contributed by atoms with Gasteiger partial charge in [0.1, 0.15) is 0 Å². The van der Waals surface area contributed by atoms with Crippen LogP contribution in [-0.2, 0) is 0 Å². The number of nitrogens with zero attached hydrogens (tertiary/aromatic N) is 3. The first-order chi connectivity index (χ1) is 8.56. The minimum Gasteiger partial charge on any atom is -0.467 e. The van der Waals surface area contributed by atoms with Gasteiger partial charge in [-0.25, -0.2) is 0 Å². The summed E-state index contributed by atoms with van der Waals surface area (Å²) in [6, 6.07) is 6.28. The van der Waals surface area contributed by atoms with E-state index in [4.69, 9.17) is 10.5 Å². The van der Waals surface area contributed by atoms with Gasteiger partial charge in [0.05, 0.1) is 7.11 Å². The van der Waals surface area contributed by atoms with Crippen LogP contribution in [0, 0.1) is 13.8 Å². The summed E-state index contributed by atoms with van der Waals surface area (Å²) in [7, 11) is 1.48. The fourth-order valence-corrected chi connectivity index (χ4v) is 1.70. The third kappa shape index (κ3) is 2.85. The molecule has 0 saturated carbocycles. The molecule has 2 rings (SSSR count). The van der Waals surface area contributed by atoms with Gasteiger partial charge in [0.2, 0.25) is 11.9 Å². The predicted octanol–water partition coefficient (Wildman–Crippen LogP) is 1.82. The summed E-state index contributed by atoms with van der Waals surface area (Å²) < 4.78 is 4.94. The van der Waals surface area contributed by atoms with Gasteiger partial charge in [-0.3, -0.25) is 0 Å². The van der Waals surface area contributed by atoms with Gasteiger partial charge < -0.3 is 15.8 Å². The molecule has 6 heteroatoms. The molecule has 1 aromatic heterocycles. The number of rotatable bonds is 3. The molecule has 2 aromatic rings. The molecule has 0 atom stereocenters. The van der Waals surface area contributed by atoms with Crippen molar-refractivity contribution in [2.75, 3.05) is 18.2 Å². The van der Waals surface area contributed by atoms with Crippen molar-refractivity contribution in [3.05, 3.63) is 29.3 Å². The van der Waals surface area contributed by atoms with E-state index in [0.717, 1.165) is 16.8 Å². The van der Waals surface area contributed by atoms with Crippen molar-refractivity contribution in [3.63, 3.8) is 0 Å². The van der Waals surface area contributed by atoms with E-state index in [-0.39, 0.29) is 12.0 Å². The highest BCUT2D eigenvalue weighted by Gasteiger charge is 2.05. The average Bonchev–Trinajstić information content (AvgIpc) is 2.26. The molecule has 0 fully saturated rings. The van der Waals surface area contributed by atoms with Crippen molar-refractivity contribution in [2.45, 2.75) is 13.8 Å². The lowest BCUT2D eigenvalue weighted by molar-refractivity contribution is 0.380. The molecule has 1 heterocycles. The molecule has 94 valence electrons. The minimum atomic E-state index is 0.119. The van der Waals surface area contributed by atoms with Crippen molar-refractivity contribution in [1.82, 2.24) is 15.0 Å². The Morgan fingerprint density at radius 2 is 1.72 bits per heavy atom. The van der Waals surface area contributed by atoms with Gasteiger partial charge in [-0.2, -0.15) is 15.0 Å². The molecule has 0 radical (unpaired) electrons. The van der Waals surface area contributed by atoms with Crippen molar-refractivity contribution >= 4 is 17.6 Å². The monoisotopic (exact) mass is 245 g/mol. The Morgan fingerprint density at radius 3 is 2.33 bits per heavy atom. The molecule has 18 heavy (non-hydrogen) atoms. The molecule has 0 aliphatic carbocycles. The zero-order valence-corrected chi connectivity index (χ0v) is 10.6. The Balaban J connectivity index is 2.30. The number of nitrogen functional groups attached to an aromatic ring is 1. The molecule has 0 saturated heterocycles. The molecular formula is C12H15N5O. The maximum Gasteiger partial charge on any atom is 0.322 e. The molecule has 0 aliphatic heterocycles. The number of aryl methyl sites for hydroxylation is 2. The van der Waals surface area contributed by atoms with E-state index < -0.39 is 0 Å². The van der Waals surface area contributed by atoms with Crippen molar-refractivity contribution in [2.24, 2.45) is 0 Å². The number of ether oxygens (including phenoxy) is 1. The summed E-state index contributed by atoms with van der Waals surface area (Å²) >= 11 is 0. The van der Waals surface area contributed by atoms with E-state index in [1.54, 1.807) is 0 Å². The highest BCUT2D eigenvalue weighted by molar-refractivity contribution is 5.56. The Kier molecular flexibility index (Phi) is 3.27. The topological polar surface area (TPSA) is 86.0 Å². The number of anilines is 3. The second-order valence-corrected chi connectivity index (χ2v) is 4.01. The van der Waals surface area contributed by atoms with Gasteiger partial charge in [-0.15, -0.1) is 0 Å². The SMILES string of the molecule is COc1nc(N)nc(Nc2cc(C)cc(C)c2)n1. The minimum absolute atomic E-state index is 0.119. The van der Waals surface area contributed by atoms with Crippen molar-refractivity contribution in [3.8, 4) is 6.01 Å². The molecule has 3 N–H and O–H groups in total. The summed E-state index contributed by atoms with van der Waals surface area (Å²) in [6.07, 6.45) is 0. The Bertz CT molecular complexity index is 550. The van der Waals surface area contributed by atoms with E-state index in [2.05, 4.69) is 26.3 Å². The second kappa shape index (κ2) is 4.87. The van der Waals surface area contributed by atoms with E-state index in [1.807, 2.05) is 26.0 Å². The Labute approximate surface area is 105 Å². The smallest absolute Gasteiger partial charge is 0.322 e. The maximum absolute atomic E-state index is 5.57. The molecule has 0 unspecified atom stereocenters. The van der Waals surface area contributed by atoms with E-state index in [9.17, 15) is 0 Å². The van der Waals surface area contributed by atoms with Gasteiger partial charge in [-0.05, 0) is 37.1 Å². The molecule has 0 spiro atoms. The fraction of sp³-hybridized carbons (Fsp3) is 0.250. The lowest BCUT2D eigenvalue weighted by atomic mass is 10.1. The van der Waals surface area contributed by atoms with Crippen molar-refractivity contribution in [1.29, 1.82) is 0 Å². The van der Waals surface area contributed by atoms with E-state index in [1.165, 1.54) is 7.11 Å². The first kappa shape index (κ1) is 12.1. The highest BCUT2D eigenvalue weighted by Crippen LogP contribution is 2.18. The number of hydrogen-bond donors (Lipinski definition) is 2. The summed E-state index contributed by atoms with van der Waals surface area (Å²) in [6.45, 7) is 4.06. The highest BCUT2D eigenvalue weighted by atomic mass is 16.5. The molecule has 1 aromatic carbocycles. The number of nitrogens with two attached hydrogens (primary N) is 1. The third-order valence-electron chi connectivity index (χ3n) is 2.29. The maximum atomic E-state index is 5.57. The summed E-state index contributed by atoms with van der Waals surface area (Å²) in [4.78, 5) is 11.9. The number of benzene rings is 1. The largest absolute Gasteiger partial charge is 0.467 e. The molecule has 0 amide bonds. The normalized spacial score (nSPS) is 10.2. The Hall–Kier alpha value is -2.37. The van der Waals surface area contributed by atoms with Crippen LogP contribution in [0.5, 0.6) is 6.01 Å². The molecule has 0 bridgehead atoms. The quantitative estimate of drug-likeness (QED) is 0.857. The van der Waals surface area contributed by atoms with Crippen LogP contribution < -0.4 is 15.8 Å². The molecule has 0 aliphatic rings. The van der Waals surface area contributed by atoms with Crippen LogP contribution in [0.25, 0.3) is 0 Å². The van der Waals surface area contributed by atoms with Crippen LogP contribution >= 0.6 is 0 Å². The zero-order valence-electron chi connectivity index (χ0n) is 10.6. The van der Waals surface area contributed by atoms with Crippen LogP contribution in [0.3, 0.4) is 0 Å². The average molecular weight is 245 g/mol. The summed E-state index contributed by atoms with van der Waals surface area (Å²) in [5.41, 5.74) is 8.79. The number of aromatic nitrogens is 3. The van der Waals surface area contributed by atoms with Crippen LogP contribution in [0.1, 0.15) is 11.1 Å². The van der Waals surface area contributed by atoms with Crippen LogP contribution in [-0.4, -0.2) is 22.1 Å². The van der Waals surface area contributed by atoms with Crippen LogP contribution in [0.15, 0.2) is 18.2 Å².